The minimum Gasteiger partial charge on any atom is -0.375 e. The number of aromatic nitrogens is 1. The van der Waals surface area contributed by atoms with Gasteiger partial charge in [-0.25, -0.2) is 0 Å². The highest BCUT2D eigenvalue weighted by atomic mass is 32.2. The molecule has 0 amide bonds. The minimum atomic E-state index is -5.85. The first-order valence-corrected chi connectivity index (χ1v) is 12.9. The highest BCUT2D eigenvalue weighted by Gasteiger charge is 2.48. The molecule has 0 unspecified atom stereocenters. The normalized spacial score (nSPS) is 13.5. The molecule has 0 aliphatic rings. The fourth-order valence-corrected chi connectivity index (χ4v) is 6.53. The SMILES string of the molecule is O=S(=O)(Oc1cc2c3cccc4c3c3c(ccc5c6ccccc6n4c53)c2c2ccccc12)C(F)(F)F. The van der Waals surface area contributed by atoms with Gasteiger partial charge in [0, 0.05) is 26.9 Å². The quantitative estimate of drug-likeness (QED) is 0.134. The molecule has 0 atom stereocenters. The van der Waals surface area contributed by atoms with Crippen LogP contribution in [-0.4, -0.2) is 18.3 Å². The summed E-state index contributed by atoms with van der Waals surface area (Å²) in [6, 6.07) is 26.4. The van der Waals surface area contributed by atoms with Gasteiger partial charge in [0.15, 0.2) is 5.75 Å². The molecule has 0 bridgehead atoms. The number of alkyl halides is 3. The van der Waals surface area contributed by atoms with E-state index in [9.17, 15) is 21.6 Å². The zero-order chi connectivity index (χ0) is 25.3. The van der Waals surface area contributed by atoms with E-state index in [0.717, 1.165) is 54.3 Å². The lowest BCUT2D eigenvalue weighted by atomic mass is 9.90. The fourth-order valence-electron chi connectivity index (χ4n) is 6.06. The Balaban J connectivity index is 1.64. The molecule has 8 rings (SSSR count). The van der Waals surface area contributed by atoms with Gasteiger partial charge in [-0.1, -0.05) is 66.7 Å². The molecule has 0 fully saturated rings. The Kier molecular flexibility index (Phi) is 3.67. The maximum Gasteiger partial charge on any atom is 0.534 e. The smallest absolute Gasteiger partial charge is 0.375 e. The number of fused-ring (bicyclic) bond motifs is 9. The van der Waals surface area contributed by atoms with Crippen molar-refractivity contribution in [3.05, 3.63) is 84.9 Å². The second-order valence-electron chi connectivity index (χ2n) is 9.26. The third-order valence-corrected chi connectivity index (χ3v) is 8.39. The molecule has 0 N–H and O–H groups in total. The van der Waals surface area contributed by atoms with Crippen LogP contribution in [0.3, 0.4) is 0 Å². The van der Waals surface area contributed by atoms with Crippen molar-refractivity contribution in [3.8, 4) is 5.75 Å². The molecular formula is C29H14F3NO3S. The molecule has 0 aliphatic carbocycles. The van der Waals surface area contributed by atoms with E-state index in [0.29, 0.717) is 16.2 Å². The third kappa shape index (κ3) is 2.46. The second kappa shape index (κ2) is 6.52. The van der Waals surface area contributed by atoms with Crippen molar-refractivity contribution in [2.75, 3.05) is 0 Å². The predicted molar refractivity (Wildman–Crippen MR) is 140 cm³/mol. The van der Waals surface area contributed by atoms with E-state index in [1.54, 1.807) is 24.3 Å². The highest BCUT2D eigenvalue weighted by Crippen LogP contribution is 2.49. The van der Waals surface area contributed by atoms with E-state index in [2.05, 4.69) is 28.7 Å². The lowest BCUT2D eigenvalue weighted by molar-refractivity contribution is -0.0499. The summed E-state index contributed by atoms with van der Waals surface area (Å²) in [5.74, 6) is -0.350. The topological polar surface area (TPSA) is 47.8 Å². The first-order chi connectivity index (χ1) is 17.8. The van der Waals surface area contributed by atoms with Crippen LogP contribution in [0.15, 0.2) is 84.9 Å². The molecule has 180 valence electrons. The van der Waals surface area contributed by atoms with Crippen LogP contribution in [0.1, 0.15) is 0 Å². The van der Waals surface area contributed by atoms with E-state index >= 15 is 0 Å². The van der Waals surface area contributed by atoms with Crippen LogP contribution in [0.25, 0.3) is 70.4 Å². The number of benzene rings is 6. The summed E-state index contributed by atoms with van der Waals surface area (Å²) in [5, 5.41) is 8.48. The molecule has 0 radical (unpaired) electrons. The van der Waals surface area contributed by atoms with Gasteiger partial charge in [-0.3, -0.25) is 0 Å². The molecule has 0 saturated heterocycles. The maximum atomic E-state index is 13.2. The standard InChI is InChI=1S/C29H14F3NO3S/c30-29(31,32)37(34,35)36-24-14-21-18-9-5-11-23-26(18)27-20(25(21)17-8-2-1-7-16(17)24)13-12-19-15-6-3-4-10-22(15)33(23)28(19)27/h1-14H. The molecule has 2 heterocycles. The largest absolute Gasteiger partial charge is 0.534 e. The van der Waals surface area contributed by atoms with Crippen LogP contribution in [0.5, 0.6) is 5.75 Å². The van der Waals surface area contributed by atoms with Crippen LogP contribution in [0.4, 0.5) is 13.2 Å². The third-order valence-electron chi connectivity index (χ3n) is 7.42. The Morgan fingerprint density at radius 3 is 2.00 bits per heavy atom. The molecule has 8 heteroatoms. The number of hydrogen-bond acceptors (Lipinski definition) is 3. The summed E-state index contributed by atoms with van der Waals surface area (Å²) in [6.07, 6.45) is 0. The minimum absolute atomic E-state index is 0.291. The van der Waals surface area contributed by atoms with Gasteiger partial charge < -0.3 is 8.58 Å². The van der Waals surface area contributed by atoms with Crippen molar-refractivity contribution >= 4 is 80.5 Å². The van der Waals surface area contributed by atoms with E-state index in [4.69, 9.17) is 4.18 Å². The average molecular weight is 513 g/mol. The molecule has 37 heavy (non-hydrogen) atoms. The number of rotatable bonds is 2. The van der Waals surface area contributed by atoms with Crippen molar-refractivity contribution in [1.29, 1.82) is 0 Å². The summed E-state index contributed by atoms with van der Waals surface area (Å²) < 4.78 is 70.7. The summed E-state index contributed by atoms with van der Waals surface area (Å²) >= 11 is 0. The van der Waals surface area contributed by atoms with Crippen LogP contribution in [-0.2, 0) is 10.1 Å². The first-order valence-electron chi connectivity index (χ1n) is 11.5. The van der Waals surface area contributed by atoms with Crippen LogP contribution >= 0.6 is 0 Å². The van der Waals surface area contributed by atoms with Gasteiger partial charge in [0.25, 0.3) is 0 Å². The van der Waals surface area contributed by atoms with E-state index in [1.165, 1.54) is 6.07 Å². The molecule has 6 aromatic carbocycles. The summed E-state index contributed by atoms with van der Waals surface area (Å²) in [6.45, 7) is 0. The van der Waals surface area contributed by atoms with Crippen LogP contribution < -0.4 is 4.18 Å². The number of halogens is 3. The molecule has 4 nitrogen and oxygen atoms in total. The van der Waals surface area contributed by atoms with Crippen molar-refractivity contribution in [2.45, 2.75) is 5.51 Å². The van der Waals surface area contributed by atoms with E-state index in [1.807, 2.05) is 30.3 Å². The zero-order valence-corrected chi connectivity index (χ0v) is 19.6. The van der Waals surface area contributed by atoms with Crippen molar-refractivity contribution in [2.24, 2.45) is 0 Å². The van der Waals surface area contributed by atoms with Crippen LogP contribution in [0.2, 0.25) is 0 Å². The summed E-state index contributed by atoms with van der Waals surface area (Å²) in [5.41, 5.74) is -2.39. The van der Waals surface area contributed by atoms with Gasteiger partial charge in [-0.15, -0.1) is 0 Å². The molecule has 0 spiro atoms. The number of para-hydroxylation sites is 1. The van der Waals surface area contributed by atoms with Gasteiger partial charge in [0.1, 0.15) is 0 Å². The monoisotopic (exact) mass is 513 g/mol. The van der Waals surface area contributed by atoms with E-state index < -0.39 is 15.6 Å². The highest BCUT2D eigenvalue weighted by molar-refractivity contribution is 7.88. The number of hydrogen-bond donors (Lipinski definition) is 0. The molecule has 8 aromatic rings. The molecule has 0 aliphatic heterocycles. The lowest BCUT2D eigenvalue weighted by Gasteiger charge is -2.16. The average Bonchev–Trinajstić information content (AvgIpc) is 3.40. The van der Waals surface area contributed by atoms with E-state index in [-0.39, 0.29) is 5.75 Å². The molecule has 0 saturated carbocycles. The number of nitrogens with zero attached hydrogens (tertiary/aromatic N) is 1. The van der Waals surface area contributed by atoms with Gasteiger partial charge in [0.2, 0.25) is 0 Å². The molecule has 2 aromatic heterocycles. The Morgan fingerprint density at radius 1 is 0.595 bits per heavy atom. The summed E-state index contributed by atoms with van der Waals surface area (Å²) in [4.78, 5) is 0. The van der Waals surface area contributed by atoms with Crippen LogP contribution in [0, 0.1) is 0 Å². The second-order valence-corrected chi connectivity index (χ2v) is 10.8. The first kappa shape index (κ1) is 20.8. The fraction of sp³-hybridized carbons (Fsp3) is 0.0345. The van der Waals surface area contributed by atoms with Crippen molar-refractivity contribution < 1.29 is 25.8 Å². The van der Waals surface area contributed by atoms with Gasteiger partial charge in [-0.05, 0) is 45.1 Å². The molecular weight excluding hydrogens is 499 g/mol. The van der Waals surface area contributed by atoms with Crippen molar-refractivity contribution in [1.82, 2.24) is 4.40 Å². The van der Waals surface area contributed by atoms with Gasteiger partial charge in [-0.2, -0.15) is 21.6 Å². The maximum absolute atomic E-state index is 13.2. The van der Waals surface area contributed by atoms with Crippen molar-refractivity contribution in [3.63, 3.8) is 0 Å². The zero-order valence-electron chi connectivity index (χ0n) is 18.8. The van der Waals surface area contributed by atoms with Gasteiger partial charge in [0.05, 0.1) is 16.6 Å². The summed E-state index contributed by atoms with van der Waals surface area (Å²) in [7, 11) is -5.85. The van der Waals surface area contributed by atoms with Gasteiger partial charge >= 0.3 is 15.6 Å². The Labute approximate surface area is 206 Å². The Morgan fingerprint density at radius 2 is 1.22 bits per heavy atom. The predicted octanol–water partition coefficient (Wildman–Crippen LogP) is 7.96. The lowest BCUT2D eigenvalue weighted by Crippen LogP contribution is -2.28. The Hall–Kier alpha value is -4.30. The Bertz CT molecular complexity index is 2340.